The van der Waals surface area contributed by atoms with Crippen molar-refractivity contribution < 1.29 is 14.7 Å². The zero-order valence-electron chi connectivity index (χ0n) is 11.3. The summed E-state index contributed by atoms with van der Waals surface area (Å²) in [5, 5.41) is 15.3. The van der Waals surface area contributed by atoms with E-state index in [4.69, 9.17) is 5.11 Å². The summed E-state index contributed by atoms with van der Waals surface area (Å²) in [6, 6.07) is 9.61. The van der Waals surface area contributed by atoms with Crippen molar-refractivity contribution in [2.24, 2.45) is 0 Å². The second kappa shape index (κ2) is 5.40. The summed E-state index contributed by atoms with van der Waals surface area (Å²) < 4.78 is 1.77. The van der Waals surface area contributed by atoms with Crippen molar-refractivity contribution in [1.82, 2.24) is 15.1 Å². The van der Waals surface area contributed by atoms with Crippen molar-refractivity contribution in [1.29, 1.82) is 0 Å². The van der Waals surface area contributed by atoms with Gasteiger partial charge in [-0.3, -0.25) is 9.59 Å². The number of rotatable bonds is 5. The van der Waals surface area contributed by atoms with Gasteiger partial charge in [0.1, 0.15) is 6.54 Å². The molecule has 1 heterocycles. The van der Waals surface area contributed by atoms with E-state index in [2.05, 4.69) is 10.4 Å². The highest BCUT2D eigenvalue weighted by Gasteiger charge is 2.32. The fourth-order valence-corrected chi connectivity index (χ4v) is 2.31. The minimum Gasteiger partial charge on any atom is -0.480 e. The SMILES string of the molecule is O=C(O)CNC(=O)c1cnn(-c2ccccc2)c1C1CC1. The second-order valence-electron chi connectivity index (χ2n) is 5.04. The van der Waals surface area contributed by atoms with Crippen LogP contribution in [0.5, 0.6) is 0 Å². The second-order valence-corrected chi connectivity index (χ2v) is 5.04. The zero-order chi connectivity index (χ0) is 14.8. The Hall–Kier alpha value is -2.63. The van der Waals surface area contributed by atoms with Gasteiger partial charge in [-0.1, -0.05) is 18.2 Å². The number of carboxylic acids is 1. The quantitative estimate of drug-likeness (QED) is 0.873. The van der Waals surface area contributed by atoms with Crippen LogP contribution in [0.4, 0.5) is 0 Å². The van der Waals surface area contributed by atoms with Gasteiger partial charge in [-0.2, -0.15) is 5.10 Å². The van der Waals surface area contributed by atoms with Crippen molar-refractivity contribution in [3.63, 3.8) is 0 Å². The van der Waals surface area contributed by atoms with Gasteiger partial charge >= 0.3 is 5.97 Å². The van der Waals surface area contributed by atoms with Crippen LogP contribution in [0.3, 0.4) is 0 Å². The average Bonchev–Trinajstić information content (AvgIpc) is 3.24. The van der Waals surface area contributed by atoms with Gasteiger partial charge in [0, 0.05) is 5.92 Å². The predicted molar refractivity (Wildman–Crippen MR) is 75.5 cm³/mol. The molecule has 0 radical (unpaired) electrons. The molecule has 0 spiro atoms. The molecule has 1 aromatic carbocycles. The molecule has 3 rings (SSSR count). The van der Waals surface area contributed by atoms with Crippen LogP contribution >= 0.6 is 0 Å². The Balaban J connectivity index is 1.93. The molecule has 1 aromatic heterocycles. The number of carboxylic acid groups (broad SMARTS) is 1. The number of aromatic nitrogens is 2. The maximum Gasteiger partial charge on any atom is 0.322 e. The van der Waals surface area contributed by atoms with Gasteiger partial charge < -0.3 is 10.4 Å². The van der Waals surface area contributed by atoms with E-state index in [0.717, 1.165) is 24.2 Å². The summed E-state index contributed by atoms with van der Waals surface area (Å²) in [5.41, 5.74) is 2.23. The molecule has 2 aromatic rings. The molecular formula is C15H15N3O3. The lowest BCUT2D eigenvalue weighted by Crippen LogP contribution is -2.29. The van der Waals surface area contributed by atoms with Crippen LogP contribution in [-0.2, 0) is 4.79 Å². The van der Waals surface area contributed by atoms with Gasteiger partial charge in [-0.15, -0.1) is 0 Å². The molecule has 6 nitrogen and oxygen atoms in total. The Morgan fingerprint density at radius 3 is 2.62 bits per heavy atom. The van der Waals surface area contributed by atoms with Crippen LogP contribution in [0.15, 0.2) is 36.5 Å². The molecule has 2 N–H and O–H groups in total. The van der Waals surface area contributed by atoms with Crippen LogP contribution in [0, 0.1) is 0 Å². The van der Waals surface area contributed by atoms with E-state index in [1.165, 1.54) is 6.20 Å². The van der Waals surface area contributed by atoms with Crippen molar-refractivity contribution in [2.75, 3.05) is 6.54 Å². The van der Waals surface area contributed by atoms with Crippen LogP contribution in [0.2, 0.25) is 0 Å². The number of carbonyl (C=O) groups excluding carboxylic acids is 1. The van der Waals surface area contributed by atoms with E-state index in [-0.39, 0.29) is 12.5 Å². The lowest BCUT2D eigenvalue weighted by Gasteiger charge is -2.08. The van der Waals surface area contributed by atoms with Crippen molar-refractivity contribution in [3.05, 3.63) is 47.8 Å². The molecule has 108 valence electrons. The van der Waals surface area contributed by atoms with Crippen LogP contribution < -0.4 is 5.32 Å². The molecule has 6 heteroatoms. The summed E-state index contributed by atoms with van der Waals surface area (Å²) in [4.78, 5) is 22.7. The minimum absolute atomic E-state index is 0.318. The Bertz CT molecular complexity index is 675. The summed E-state index contributed by atoms with van der Waals surface area (Å²) in [6.45, 7) is -0.389. The third-order valence-electron chi connectivity index (χ3n) is 3.42. The monoisotopic (exact) mass is 285 g/mol. The number of nitrogens with zero attached hydrogens (tertiary/aromatic N) is 2. The number of carbonyl (C=O) groups is 2. The third-order valence-corrected chi connectivity index (χ3v) is 3.42. The number of nitrogens with one attached hydrogen (secondary N) is 1. The summed E-state index contributed by atoms with van der Waals surface area (Å²) in [6.07, 6.45) is 3.56. The Labute approximate surface area is 121 Å². The van der Waals surface area contributed by atoms with E-state index in [1.54, 1.807) is 4.68 Å². The number of benzene rings is 1. The minimum atomic E-state index is -1.06. The molecule has 0 aliphatic heterocycles. The van der Waals surface area contributed by atoms with Crippen molar-refractivity contribution in [2.45, 2.75) is 18.8 Å². The highest BCUT2D eigenvalue weighted by molar-refractivity contribution is 5.97. The molecule has 0 saturated heterocycles. The molecule has 1 aliphatic carbocycles. The molecule has 1 saturated carbocycles. The van der Waals surface area contributed by atoms with Crippen molar-refractivity contribution in [3.8, 4) is 5.69 Å². The normalized spacial score (nSPS) is 13.9. The Morgan fingerprint density at radius 1 is 1.29 bits per heavy atom. The van der Waals surface area contributed by atoms with Crippen LogP contribution in [0.1, 0.15) is 34.8 Å². The molecule has 0 atom stereocenters. The first-order chi connectivity index (χ1) is 10.2. The number of amides is 1. The van der Waals surface area contributed by atoms with Gasteiger partial charge in [0.2, 0.25) is 0 Å². The Kier molecular flexibility index (Phi) is 3.43. The highest BCUT2D eigenvalue weighted by atomic mass is 16.4. The van der Waals surface area contributed by atoms with Gasteiger partial charge in [-0.25, -0.2) is 4.68 Å². The molecular weight excluding hydrogens is 270 g/mol. The lowest BCUT2D eigenvalue weighted by atomic mass is 10.1. The maximum atomic E-state index is 12.1. The molecule has 1 amide bonds. The molecule has 0 bridgehead atoms. The fraction of sp³-hybridized carbons (Fsp3) is 0.267. The molecule has 21 heavy (non-hydrogen) atoms. The zero-order valence-corrected chi connectivity index (χ0v) is 11.3. The van der Waals surface area contributed by atoms with Gasteiger partial charge in [0.15, 0.2) is 0 Å². The van der Waals surface area contributed by atoms with E-state index >= 15 is 0 Å². The highest BCUT2D eigenvalue weighted by Crippen LogP contribution is 2.42. The largest absolute Gasteiger partial charge is 0.480 e. The Morgan fingerprint density at radius 2 is 2.00 bits per heavy atom. The third kappa shape index (κ3) is 2.79. The number of para-hydroxylation sites is 1. The maximum absolute atomic E-state index is 12.1. The first-order valence-electron chi connectivity index (χ1n) is 6.80. The average molecular weight is 285 g/mol. The lowest BCUT2D eigenvalue weighted by molar-refractivity contribution is -0.135. The molecule has 1 aliphatic rings. The van der Waals surface area contributed by atoms with Gasteiger partial charge in [-0.05, 0) is 25.0 Å². The summed E-state index contributed by atoms with van der Waals surface area (Å²) in [5.74, 6) is -1.13. The van der Waals surface area contributed by atoms with E-state index in [0.29, 0.717) is 11.5 Å². The summed E-state index contributed by atoms with van der Waals surface area (Å²) >= 11 is 0. The van der Waals surface area contributed by atoms with Crippen molar-refractivity contribution >= 4 is 11.9 Å². The smallest absolute Gasteiger partial charge is 0.322 e. The first-order valence-corrected chi connectivity index (χ1v) is 6.80. The van der Waals surface area contributed by atoms with Gasteiger partial charge in [0.05, 0.1) is 23.1 Å². The van der Waals surface area contributed by atoms with Crippen LogP contribution in [0.25, 0.3) is 5.69 Å². The van der Waals surface area contributed by atoms with E-state index < -0.39 is 5.97 Å². The summed E-state index contributed by atoms with van der Waals surface area (Å²) in [7, 11) is 0. The predicted octanol–water partition coefficient (Wildman–Crippen LogP) is 1.56. The van der Waals surface area contributed by atoms with E-state index in [1.807, 2.05) is 30.3 Å². The molecule has 1 fully saturated rings. The molecule has 0 unspecified atom stereocenters. The fourth-order valence-electron chi connectivity index (χ4n) is 2.31. The topological polar surface area (TPSA) is 84.2 Å². The van der Waals surface area contributed by atoms with Crippen LogP contribution in [-0.4, -0.2) is 33.3 Å². The van der Waals surface area contributed by atoms with Gasteiger partial charge in [0.25, 0.3) is 5.91 Å². The number of hydrogen-bond acceptors (Lipinski definition) is 3. The number of hydrogen-bond donors (Lipinski definition) is 2. The first kappa shape index (κ1) is 13.4. The number of aliphatic carboxylic acids is 1. The van der Waals surface area contributed by atoms with E-state index in [9.17, 15) is 9.59 Å². The standard InChI is InChI=1S/C15H15N3O3/c19-13(20)9-16-15(21)12-8-17-18(14(12)10-6-7-10)11-4-2-1-3-5-11/h1-5,8,10H,6-7,9H2,(H,16,21)(H,19,20).